The zero-order valence-electron chi connectivity index (χ0n) is 12.8. The number of hydrogen-bond donors (Lipinski definition) is 2. The van der Waals surface area contributed by atoms with Crippen LogP contribution in [-0.2, 0) is 6.42 Å². The highest BCUT2D eigenvalue weighted by molar-refractivity contribution is 7.11. The molecule has 0 aliphatic rings. The zero-order chi connectivity index (χ0) is 16.9. The summed E-state index contributed by atoms with van der Waals surface area (Å²) in [6.07, 6.45) is 3.00. The second-order valence-electron chi connectivity index (χ2n) is 4.89. The number of hydrogen-bond acceptors (Lipinski definition) is 7. The van der Waals surface area contributed by atoms with Crippen molar-refractivity contribution in [1.29, 1.82) is 0 Å². The highest BCUT2D eigenvalue weighted by atomic mass is 32.1. The summed E-state index contributed by atoms with van der Waals surface area (Å²) in [5, 5.41) is 18.1. The molecule has 0 aliphatic heterocycles. The predicted molar refractivity (Wildman–Crippen MR) is 89.2 cm³/mol. The number of aromatic amines is 1. The van der Waals surface area contributed by atoms with Gasteiger partial charge >= 0.3 is 0 Å². The van der Waals surface area contributed by atoms with Gasteiger partial charge in [0.15, 0.2) is 10.8 Å². The molecule has 0 radical (unpaired) electrons. The maximum absolute atomic E-state index is 12.1. The van der Waals surface area contributed by atoms with E-state index < -0.39 is 0 Å². The Labute approximate surface area is 141 Å². The minimum absolute atomic E-state index is 0.0679. The summed E-state index contributed by atoms with van der Waals surface area (Å²) in [5.74, 6) is 0.176. The Balaban J connectivity index is 1.70. The number of allylic oxidation sites excluding steroid dienone is 1. The van der Waals surface area contributed by atoms with E-state index in [0.29, 0.717) is 11.4 Å². The maximum Gasteiger partial charge on any atom is 0.218 e. The van der Waals surface area contributed by atoms with Crippen LogP contribution in [0.2, 0.25) is 0 Å². The van der Waals surface area contributed by atoms with E-state index in [1.807, 2.05) is 29.6 Å². The fraction of sp³-hybridized carbons (Fsp3) is 0.125. The summed E-state index contributed by atoms with van der Waals surface area (Å²) < 4.78 is 5.12. The Kier molecular flexibility index (Phi) is 4.66. The minimum atomic E-state index is -0.386. The molecule has 0 saturated carbocycles. The largest absolute Gasteiger partial charge is 0.504 e. The summed E-state index contributed by atoms with van der Waals surface area (Å²) in [5.41, 5.74) is 1.86. The molecule has 2 N–H and O–H groups in total. The van der Waals surface area contributed by atoms with E-state index in [9.17, 15) is 9.90 Å². The molecule has 3 rings (SSSR count). The van der Waals surface area contributed by atoms with E-state index in [-0.39, 0.29) is 17.4 Å². The van der Waals surface area contributed by atoms with Crippen molar-refractivity contribution in [3.8, 4) is 5.75 Å². The molecule has 7 nitrogen and oxygen atoms in total. The van der Waals surface area contributed by atoms with Crippen molar-refractivity contribution in [1.82, 2.24) is 20.2 Å². The monoisotopic (exact) mass is 342 g/mol. The number of thiazole rings is 1. The molecule has 2 aromatic heterocycles. The van der Waals surface area contributed by atoms with Crippen LogP contribution in [0.3, 0.4) is 0 Å². The molecule has 0 unspecified atom stereocenters. The summed E-state index contributed by atoms with van der Waals surface area (Å²) in [4.78, 5) is 20.2. The highest BCUT2D eigenvalue weighted by Crippen LogP contribution is 2.18. The lowest BCUT2D eigenvalue weighted by Crippen LogP contribution is -1.98. The third-order valence-corrected chi connectivity index (χ3v) is 4.12. The van der Waals surface area contributed by atoms with Crippen LogP contribution in [0.1, 0.15) is 26.9 Å². The molecule has 0 aliphatic carbocycles. The van der Waals surface area contributed by atoms with Gasteiger partial charge in [0.2, 0.25) is 11.6 Å². The number of ketones is 1. The average Bonchev–Trinajstić information content (AvgIpc) is 3.27. The van der Waals surface area contributed by atoms with E-state index in [2.05, 4.69) is 20.2 Å². The lowest BCUT2D eigenvalue weighted by molar-refractivity contribution is 0.104. The van der Waals surface area contributed by atoms with E-state index in [0.717, 1.165) is 23.1 Å². The van der Waals surface area contributed by atoms with Gasteiger partial charge in [-0.3, -0.25) is 9.89 Å². The number of carbonyl (C=O) groups is 1. The molecule has 3 aromatic rings. The zero-order valence-corrected chi connectivity index (χ0v) is 13.6. The van der Waals surface area contributed by atoms with Crippen LogP contribution in [0.15, 0.2) is 42.0 Å². The number of aromatic nitrogens is 4. The number of nitrogens with zero attached hydrogens (tertiary/aromatic N) is 3. The Morgan fingerprint density at radius 1 is 1.38 bits per heavy atom. The molecule has 0 saturated heterocycles. The predicted octanol–water partition coefficient (Wildman–Crippen LogP) is 2.64. The van der Waals surface area contributed by atoms with Gasteiger partial charge in [-0.15, -0.1) is 11.3 Å². The van der Waals surface area contributed by atoms with Gasteiger partial charge in [0.1, 0.15) is 12.1 Å². The molecule has 0 amide bonds. The van der Waals surface area contributed by atoms with Crippen LogP contribution in [0, 0.1) is 0 Å². The van der Waals surface area contributed by atoms with Crippen LogP contribution in [0.4, 0.5) is 0 Å². The number of methoxy groups -OCH3 is 1. The van der Waals surface area contributed by atoms with Gasteiger partial charge in [0.05, 0.1) is 12.8 Å². The molecule has 0 spiro atoms. The second-order valence-corrected chi connectivity index (χ2v) is 5.74. The Bertz CT molecular complexity index is 854. The van der Waals surface area contributed by atoms with Gasteiger partial charge in [-0.25, -0.2) is 9.97 Å². The van der Waals surface area contributed by atoms with E-state index >= 15 is 0 Å². The third-order valence-electron chi connectivity index (χ3n) is 3.22. The van der Waals surface area contributed by atoms with Crippen molar-refractivity contribution in [2.75, 3.05) is 7.11 Å². The number of carbonyl (C=O) groups excluding carboxylic acids is 1. The molecule has 0 bridgehead atoms. The molecule has 2 heterocycles. The van der Waals surface area contributed by atoms with Gasteiger partial charge in [0.25, 0.3) is 0 Å². The third kappa shape index (κ3) is 3.66. The lowest BCUT2D eigenvalue weighted by Gasteiger charge is -2.01. The number of aliphatic hydroxyl groups is 1. The first-order valence-electron chi connectivity index (χ1n) is 7.04. The van der Waals surface area contributed by atoms with Crippen LogP contribution in [-0.4, -0.2) is 38.2 Å². The SMILES string of the molecule is COc1ccc(Cc2csc(C(=O)C=C(O)c3nc[nH]n3)n2)cc1. The van der Waals surface area contributed by atoms with Crippen LogP contribution in [0.25, 0.3) is 5.76 Å². The van der Waals surface area contributed by atoms with E-state index in [1.165, 1.54) is 17.7 Å². The number of rotatable bonds is 6. The lowest BCUT2D eigenvalue weighted by atomic mass is 10.1. The van der Waals surface area contributed by atoms with Crippen molar-refractivity contribution >= 4 is 22.9 Å². The number of nitrogens with one attached hydrogen (secondary N) is 1. The smallest absolute Gasteiger partial charge is 0.218 e. The number of benzene rings is 1. The number of ether oxygens (including phenoxy) is 1. The summed E-state index contributed by atoms with van der Waals surface area (Å²) in [6.45, 7) is 0. The van der Waals surface area contributed by atoms with Crippen molar-refractivity contribution in [3.63, 3.8) is 0 Å². The van der Waals surface area contributed by atoms with Gasteiger partial charge in [0, 0.05) is 17.9 Å². The molecule has 8 heteroatoms. The summed E-state index contributed by atoms with van der Waals surface area (Å²) >= 11 is 1.23. The summed E-state index contributed by atoms with van der Waals surface area (Å²) in [6, 6.07) is 7.67. The van der Waals surface area contributed by atoms with Crippen LogP contribution in [0.5, 0.6) is 5.75 Å². The quantitative estimate of drug-likeness (QED) is 0.406. The standard InChI is InChI=1S/C16H14N4O3S/c1-23-12-4-2-10(3-5-12)6-11-8-24-16(19-11)14(22)7-13(21)15-17-9-18-20-15/h2-5,7-9,21H,6H2,1H3,(H,17,18,20). The maximum atomic E-state index is 12.1. The van der Waals surface area contributed by atoms with Crippen molar-refractivity contribution in [2.24, 2.45) is 0 Å². The van der Waals surface area contributed by atoms with Gasteiger partial charge < -0.3 is 9.84 Å². The fourth-order valence-electron chi connectivity index (χ4n) is 2.04. The van der Waals surface area contributed by atoms with Crippen LogP contribution < -0.4 is 4.74 Å². The topological polar surface area (TPSA) is 101 Å². The molecule has 122 valence electrons. The molecular formula is C16H14N4O3S. The Hall–Kier alpha value is -3.00. The number of H-pyrrole nitrogens is 1. The average molecular weight is 342 g/mol. The Morgan fingerprint density at radius 3 is 2.83 bits per heavy atom. The highest BCUT2D eigenvalue weighted by Gasteiger charge is 2.13. The van der Waals surface area contributed by atoms with Crippen molar-refractivity contribution < 1.29 is 14.6 Å². The van der Waals surface area contributed by atoms with E-state index in [1.54, 1.807) is 7.11 Å². The molecular weight excluding hydrogens is 328 g/mol. The summed E-state index contributed by atoms with van der Waals surface area (Å²) in [7, 11) is 1.62. The first-order valence-corrected chi connectivity index (χ1v) is 7.92. The van der Waals surface area contributed by atoms with E-state index in [4.69, 9.17) is 4.74 Å². The Morgan fingerprint density at radius 2 is 2.17 bits per heavy atom. The molecule has 0 fully saturated rings. The van der Waals surface area contributed by atoms with Crippen molar-refractivity contribution in [3.05, 3.63) is 64.1 Å². The fourth-order valence-corrected chi connectivity index (χ4v) is 2.77. The molecule has 1 aromatic carbocycles. The van der Waals surface area contributed by atoms with Gasteiger partial charge in [-0.2, -0.15) is 5.10 Å². The minimum Gasteiger partial charge on any atom is -0.504 e. The first kappa shape index (κ1) is 15.9. The molecule has 24 heavy (non-hydrogen) atoms. The molecule has 0 atom stereocenters. The van der Waals surface area contributed by atoms with Crippen molar-refractivity contribution in [2.45, 2.75) is 6.42 Å². The van der Waals surface area contributed by atoms with Gasteiger partial charge in [-0.05, 0) is 17.7 Å². The first-order chi connectivity index (χ1) is 11.7. The number of aliphatic hydroxyl groups excluding tert-OH is 1. The van der Waals surface area contributed by atoms with Gasteiger partial charge in [-0.1, -0.05) is 12.1 Å². The van der Waals surface area contributed by atoms with Crippen LogP contribution >= 0.6 is 11.3 Å². The normalized spacial score (nSPS) is 11.5. The second kappa shape index (κ2) is 7.05.